The highest BCUT2D eigenvalue weighted by atomic mass is 15.2. The van der Waals surface area contributed by atoms with Gasteiger partial charge in [0.1, 0.15) is 0 Å². The highest BCUT2D eigenvalue weighted by molar-refractivity contribution is 4.88. The Kier molecular flexibility index (Phi) is 7.04. The zero-order valence-electron chi connectivity index (χ0n) is 11.8. The summed E-state index contributed by atoms with van der Waals surface area (Å²) in [7, 11) is 2.23. The molecule has 0 aromatic carbocycles. The van der Waals surface area contributed by atoms with Crippen molar-refractivity contribution in [2.24, 2.45) is 5.73 Å². The summed E-state index contributed by atoms with van der Waals surface area (Å²) in [5.41, 5.74) is 5.80. The van der Waals surface area contributed by atoms with E-state index in [-0.39, 0.29) is 0 Å². The predicted octanol–water partition coefficient (Wildman–Crippen LogP) is 0.339. The summed E-state index contributed by atoms with van der Waals surface area (Å²) in [6.45, 7) is 11.1. The zero-order valence-corrected chi connectivity index (χ0v) is 11.8. The monoisotopic (exact) mass is 242 g/mol. The largest absolute Gasteiger partial charge is 0.328 e. The molecule has 0 radical (unpaired) electrons. The molecular formula is C13H30N4. The third kappa shape index (κ3) is 4.92. The first-order valence-corrected chi connectivity index (χ1v) is 7.14. The van der Waals surface area contributed by atoms with Crippen molar-refractivity contribution in [1.82, 2.24) is 15.1 Å². The van der Waals surface area contributed by atoms with Gasteiger partial charge in [0.25, 0.3) is 0 Å². The smallest absolute Gasteiger partial charge is 0.0122 e. The molecule has 1 aliphatic carbocycles. The Bertz CT molecular complexity index is 186. The summed E-state index contributed by atoms with van der Waals surface area (Å²) < 4.78 is 0. The normalized spacial score (nSPS) is 29.5. The molecule has 0 spiro atoms. The van der Waals surface area contributed by atoms with Crippen LogP contribution in [0.15, 0.2) is 0 Å². The van der Waals surface area contributed by atoms with Gasteiger partial charge < -0.3 is 16.0 Å². The Balaban J connectivity index is 0.000000686. The lowest BCUT2D eigenvalue weighted by Crippen LogP contribution is -2.52. The van der Waals surface area contributed by atoms with Crippen LogP contribution in [-0.4, -0.2) is 68.2 Å². The molecule has 4 nitrogen and oxygen atoms in total. The molecule has 0 bridgehead atoms. The molecule has 1 saturated heterocycles. The topological polar surface area (TPSA) is 44.5 Å². The van der Waals surface area contributed by atoms with Gasteiger partial charge in [0.05, 0.1) is 0 Å². The fourth-order valence-electron chi connectivity index (χ4n) is 2.41. The molecule has 3 N–H and O–H groups in total. The standard InChI is InChI=1S/C11H24N4.C2H6/c1-14(11-8-10(12)9-11)6-7-15-4-2-13-3-5-15;1-2/h10-11,13H,2-9,12H2,1H3;1-2H3. The third-order valence-electron chi connectivity index (χ3n) is 3.75. The number of piperazine rings is 1. The van der Waals surface area contributed by atoms with Crippen LogP contribution >= 0.6 is 0 Å². The number of hydrogen-bond acceptors (Lipinski definition) is 4. The Hall–Kier alpha value is -0.160. The SMILES string of the molecule is CC.CN(CCN1CCNCC1)C1CC(N)C1. The van der Waals surface area contributed by atoms with Crippen molar-refractivity contribution in [2.75, 3.05) is 46.3 Å². The van der Waals surface area contributed by atoms with Crippen LogP contribution < -0.4 is 11.1 Å². The molecule has 0 atom stereocenters. The maximum absolute atomic E-state index is 5.80. The van der Waals surface area contributed by atoms with E-state index in [4.69, 9.17) is 5.73 Å². The first-order valence-electron chi connectivity index (χ1n) is 7.14. The van der Waals surface area contributed by atoms with E-state index < -0.39 is 0 Å². The van der Waals surface area contributed by atoms with Gasteiger partial charge in [0, 0.05) is 51.4 Å². The van der Waals surface area contributed by atoms with Crippen molar-refractivity contribution in [3.05, 3.63) is 0 Å². The second-order valence-corrected chi connectivity index (χ2v) is 4.96. The molecule has 2 fully saturated rings. The zero-order chi connectivity index (χ0) is 12.7. The summed E-state index contributed by atoms with van der Waals surface area (Å²) >= 11 is 0. The summed E-state index contributed by atoms with van der Waals surface area (Å²) in [5, 5.41) is 3.38. The van der Waals surface area contributed by atoms with Crippen LogP contribution in [0.5, 0.6) is 0 Å². The van der Waals surface area contributed by atoms with Gasteiger partial charge in [-0.2, -0.15) is 0 Å². The van der Waals surface area contributed by atoms with Crippen LogP contribution in [0.3, 0.4) is 0 Å². The number of likely N-dealkylation sites (N-methyl/N-ethyl adjacent to an activating group) is 1. The van der Waals surface area contributed by atoms with E-state index in [2.05, 4.69) is 22.2 Å². The first-order chi connectivity index (χ1) is 8.25. The van der Waals surface area contributed by atoms with E-state index in [1.54, 1.807) is 0 Å². The van der Waals surface area contributed by atoms with Crippen LogP contribution in [0.25, 0.3) is 0 Å². The van der Waals surface area contributed by atoms with E-state index in [9.17, 15) is 0 Å². The second-order valence-electron chi connectivity index (χ2n) is 4.96. The van der Waals surface area contributed by atoms with Crippen molar-refractivity contribution in [3.63, 3.8) is 0 Å². The third-order valence-corrected chi connectivity index (χ3v) is 3.75. The Morgan fingerprint density at radius 3 is 2.35 bits per heavy atom. The first kappa shape index (κ1) is 14.9. The highest BCUT2D eigenvalue weighted by Gasteiger charge is 2.29. The summed E-state index contributed by atoms with van der Waals surface area (Å²) in [6.07, 6.45) is 2.39. The molecule has 0 amide bonds. The molecule has 102 valence electrons. The Labute approximate surface area is 107 Å². The summed E-state index contributed by atoms with van der Waals surface area (Å²) in [6, 6.07) is 1.22. The molecule has 2 aliphatic rings. The van der Waals surface area contributed by atoms with Gasteiger partial charge in [0.2, 0.25) is 0 Å². The van der Waals surface area contributed by atoms with Gasteiger partial charge in [-0.25, -0.2) is 0 Å². The van der Waals surface area contributed by atoms with Crippen LogP contribution in [0, 0.1) is 0 Å². The summed E-state index contributed by atoms with van der Waals surface area (Å²) in [5.74, 6) is 0. The molecule has 1 saturated carbocycles. The van der Waals surface area contributed by atoms with Crippen LogP contribution in [-0.2, 0) is 0 Å². The van der Waals surface area contributed by atoms with Gasteiger partial charge in [0.15, 0.2) is 0 Å². The van der Waals surface area contributed by atoms with Crippen molar-refractivity contribution in [1.29, 1.82) is 0 Å². The highest BCUT2D eigenvalue weighted by Crippen LogP contribution is 2.22. The van der Waals surface area contributed by atoms with Crippen LogP contribution in [0.2, 0.25) is 0 Å². The van der Waals surface area contributed by atoms with Gasteiger partial charge in [-0.1, -0.05) is 13.8 Å². The molecule has 0 aromatic rings. The van der Waals surface area contributed by atoms with Crippen molar-refractivity contribution < 1.29 is 0 Å². The van der Waals surface area contributed by atoms with Crippen LogP contribution in [0.1, 0.15) is 26.7 Å². The molecule has 1 heterocycles. The van der Waals surface area contributed by atoms with E-state index in [1.807, 2.05) is 13.8 Å². The van der Waals surface area contributed by atoms with Gasteiger partial charge in [-0.15, -0.1) is 0 Å². The van der Waals surface area contributed by atoms with Gasteiger partial charge in [-0.3, -0.25) is 4.90 Å². The average Bonchev–Trinajstić information content (AvgIpc) is 2.36. The molecular weight excluding hydrogens is 212 g/mol. The lowest BCUT2D eigenvalue weighted by atomic mass is 9.86. The molecule has 17 heavy (non-hydrogen) atoms. The average molecular weight is 242 g/mol. The molecule has 2 rings (SSSR count). The number of nitrogens with two attached hydrogens (primary N) is 1. The minimum Gasteiger partial charge on any atom is -0.328 e. The van der Waals surface area contributed by atoms with E-state index >= 15 is 0 Å². The van der Waals surface area contributed by atoms with Crippen molar-refractivity contribution in [3.8, 4) is 0 Å². The second kappa shape index (κ2) is 8.03. The lowest BCUT2D eigenvalue weighted by molar-refractivity contribution is 0.118. The number of nitrogens with one attached hydrogen (secondary N) is 1. The quantitative estimate of drug-likeness (QED) is 0.746. The van der Waals surface area contributed by atoms with Crippen LogP contribution in [0.4, 0.5) is 0 Å². The Morgan fingerprint density at radius 2 is 1.82 bits per heavy atom. The number of hydrogen-bond donors (Lipinski definition) is 2. The summed E-state index contributed by atoms with van der Waals surface area (Å²) in [4.78, 5) is 5.02. The van der Waals surface area contributed by atoms with E-state index in [0.717, 1.165) is 19.1 Å². The minimum absolute atomic E-state index is 0.469. The maximum Gasteiger partial charge on any atom is 0.0122 e. The fraction of sp³-hybridized carbons (Fsp3) is 1.00. The van der Waals surface area contributed by atoms with Crippen molar-refractivity contribution in [2.45, 2.75) is 38.8 Å². The molecule has 1 aliphatic heterocycles. The number of rotatable bonds is 4. The molecule has 4 heteroatoms. The van der Waals surface area contributed by atoms with Crippen molar-refractivity contribution >= 4 is 0 Å². The fourth-order valence-corrected chi connectivity index (χ4v) is 2.41. The van der Waals surface area contributed by atoms with E-state index in [1.165, 1.54) is 39.0 Å². The molecule has 0 unspecified atom stereocenters. The predicted molar refractivity (Wildman–Crippen MR) is 74.3 cm³/mol. The molecule has 0 aromatic heterocycles. The number of nitrogens with zero attached hydrogens (tertiary/aromatic N) is 2. The minimum atomic E-state index is 0.469. The van der Waals surface area contributed by atoms with E-state index in [0.29, 0.717) is 6.04 Å². The maximum atomic E-state index is 5.80. The lowest BCUT2D eigenvalue weighted by Gasteiger charge is -2.40. The Morgan fingerprint density at radius 1 is 1.24 bits per heavy atom. The van der Waals surface area contributed by atoms with Gasteiger partial charge >= 0.3 is 0 Å². The van der Waals surface area contributed by atoms with Gasteiger partial charge in [-0.05, 0) is 19.9 Å².